The smallest absolute Gasteiger partial charge is 0.172 e. The van der Waals surface area contributed by atoms with Crippen LogP contribution in [-0.2, 0) is 0 Å². The molecule has 0 radical (unpaired) electrons. The lowest BCUT2D eigenvalue weighted by Crippen LogP contribution is -1.99. The van der Waals surface area contributed by atoms with E-state index in [-0.39, 0.29) is 5.75 Å². The van der Waals surface area contributed by atoms with Crippen molar-refractivity contribution < 1.29 is 9.84 Å². The second-order valence-corrected chi connectivity index (χ2v) is 6.35. The van der Waals surface area contributed by atoms with Gasteiger partial charge in [-0.1, -0.05) is 18.2 Å². The van der Waals surface area contributed by atoms with Crippen LogP contribution in [0.5, 0.6) is 11.5 Å². The van der Waals surface area contributed by atoms with Gasteiger partial charge in [0.15, 0.2) is 17.3 Å². The van der Waals surface area contributed by atoms with Crippen molar-refractivity contribution in [2.75, 3.05) is 12.4 Å². The lowest BCUT2D eigenvalue weighted by Gasteiger charge is -2.11. The zero-order valence-corrected chi connectivity index (χ0v) is 14.2. The molecule has 2 heterocycles. The normalized spacial score (nSPS) is 10.8. The quantitative estimate of drug-likeness (QED) is 0.553. The molecule has 4 aromatic rings. The van der Waals surface area contributed by atoms with E-state index in [1.807, 2.05) is 47.8 Å². The van der Waals surface area contributed by atoms with Crippen molar-refractivity contribution >= 4 is 33.7 Å². The maximum atomic E-state index is 9.99. The van der Waals surface area contributed by atoms with E-state index < -0.39 is 0 Å². The lowest BCUT2D eigenvalue weighted by molar-refractivity contribution is 0.373. The molecule has 0 unspecified atom stereocenters. The molecule has 0 amide bonds. The highest BCUT2D eigenvalue weighted by Crippen LogP contribution is 2.32. The number of hydrogen-bond donors (Lipinski definition) is 2. The summed E-state index contributed by atoms with van der Waals surface area (Å²) in [4.78, 5) is 10.3. The van der Waals surface area contributed by atoms with Gasteiger partial charge in [-0.05, 0) is 35.7 Å². The summed E-state index contributed by atoms with van der Waals surface area (Å²) in [5.41, 5.74) is 1.58. The van der Waals surface area contributed by atoms with Crippen molar-refractivity contribution in [3.05, 3.63) is 60.0 Å². The molecule has 5 nitrogen and oxygen atoms in total. The third-order valence-electron chi connectivity index (χ3n) is 3.79. The van der Waals surface area contributed by atoms with E-state index in [1.54, 1.807) is 23.5 Å². The Morgan fingerprint density at radius 1 is 1.04 bits per heavy atom. The van der Waals surface area contributed by atoms with Crippen LogP contribution in [0, 0.1) is 0 Å². The fourth-order valence-electron chi connectivity index (χ4n) is 2.59. The summed E-state index contributed by atoms with van der Waals surface area (Å²) < 4.78 is 5.09. The molecule has 2 aromatic carbocycles. The van der Waals surface area contributed by atoms with Crippen LogP contribution in [0.25, 0.3) is 21.6 Å². The average molecular weight is 349 g/mol. The molecule has 25 heavy (non-hydrogen) atoms. The number of aromatic hydroxyl groups is 1. The fourth-order valence-corrected chi connectivity index (χ4v) is 3.25. The Kier molecular flexibility index (Phi) is 3.95. The standard InChI is InChI=1S/C19H15N3O2S/c1-24-16-9-8-12(11-15(16)23)20-18-13-5-2-3-6-14(13)21-19(22-18)17-7-4-10-25-17/h2-11,23H,1H3,(H,20,21,22). The number of benzene rings is 2. The number of rotatable bonds is 4. The molecule has 0 aliphatic heterocycles. The number of hydrogen-bond acceptors (Lipinski definition) is 6. The first-order valence-corrected chi connectivity index (χ1v) is 8.57. The summed E-state index contributed by atoms with van der Waals surface area (Å²) in [7, 11) is 1.52. The van der Waals surface area contributed by atoms with E-state index in [4.69, 9.17) is 4.74 Å². The fraction of sp³-hybridized carbons (Fsp3) is 0.0526. The first-order valence-electron chi connectivity index (χ1n) is 7.69. The van der Waals surface area contributed by atoms with E-state index in [1.165, 1.54) is 7.11 Å². The third kappa shape index (κ3) is 2.99. The SMILES string of the molecule is COc1ccc(Nc2nc(-c3cccs3)nc3ccccc23)cc1O. The van der Waals surface area contributed by atoms with Crippen LogP contribution in [0.3, 0.4) is 0 Å². The van der Waals surface area contributed by atoms with Crippen molar-refractivity contribution in [3.63, 3.8) is 0 Å². The minimum Gasteiger partial charge on any atom is -0.504 e. The van der Waals surface area contributed by atoms with Crippen LogP contribution in [0.1, 0.15) is 0 Å². The second kappa shape index (κ2) is 6.41. The predicted molar refractivity (Wildman–Crippen MR) is 101 cm³/mol. The van der Waals surface area contributed by atoms with Crippen molar-refractivity contribution in [1.29, 1.82) is 0 Å². The monoisotopic (exact) mass is 349 g/mol. The van der Waals surface area contributed by atoms with Crippen LogP contribution < -0.4 is 10.1 Å². The van der Waals surface area contributed by atoms with Gasteiger partial charge in [-0.3, -0.25) is 0 Å². The van der Waals surface area contributed by atoms with Crippen LogP contribution >= 0.6 is 11.3 Å². The zero-order valence-electron chi connectivity index (χ0n) is 13.4. The maximum Gasteiger partial charge on any atom is 0.172 e. The van der Waals surface area contributed by atoms with Crippen LogP contribution in [0.15, 0.2) is 60.0 Å². The molecule has 6 heteroatoms. The van der Waals surface area contributed by atoms with Gasteiger partial charge in [0.25, 0.3) is 0 Å². The number of methoxy groups -OCH3 is 1. The van der Waals surface area contributed by atoms with Gasteiger partial charge >= 0.3 is 0 Å². The Morgan fingerprint density at radius 3 is 2.68 bits per heavy atom. The molecule has 0 saturated carbocycles. The van der Waals surface area contributed by atoms with Crippen LogP contribution in [0.4, 0.5) is 11.5 Å². The number of thiophene rings is 1. The van der Waals surface area contributed by atoms with Crippen molar-refractivity contribution in [2.45, 2.75) is 0 Å². The molecule has 0 spiro atoms. The average Bonchev–Trinajstić information content (AvgIpc) is 3.16. The van der Waals surface area contributed by atoms with Gasteiger partial charge in [-0.25, -0.2) is 9.97 Å². The van der Waals surface area contributed by atoms with E-state index in [2.05, 4.69) is 15.3 Å². The number of nitrogens with one attached hydrogen (secondary N) is 1. The Hall–Kier alpha value is -3.12. The molecule has 2 aromatic heterocycles. The second-order valence-electron chi connectivity index (χ2n) is 5.40. The number of anilines is 2. The van der Waals surface area contributed by atoms with E-state index in [0.29, 0.717) is 17.4 Å². The van der Waals surface area contributed by atoms with Gasteiger partial charge in [-0.15, -0.1) is 11.3 Å². The highest BCUT2D eigenvalue weighted by atomic mass is 32.1. The van der Waals surface area contributed by atoms with Crippen molar-refractivity contribution in [2.24, 2.45) is 0 Å². The number of fused-ring (bicyclic) bond motifs is 1. The molecular weight excluding hydrogens is 334 g/mol. The molecule has 0 fully saturated rings. The summed E-state index contributed by atoms with van der Waals surface area (Å²) in [6.07, 6.45) is 0. The third-order valence-corrected chi connectivity index (χ3v) is 4.65. The van der Waals surface area contributed by atoms with Crippen LogP contribution in [0.2, 0.25) is 0 Å². The Labute approximate surface area is 148 Å². The van der Waals surface area contributed by atoms with Gasteiger partial charge in [0.1, 0.15) is 5.82 Å². The largest absolute Gasteiger partial charge is 0.504 e. The van der Waals surface area contributed by atoms with Gasteiger partial charge < -0.3 is 15.2 Å². The molecular formula is C19H15N3O2S. The highest BCUT2D eigenvalue weighted by molar-refractivity contribution is 7.13. The first-order chi connectivity index (χ1) is 12.2. The molecule has 124 valence electrons. The van der Waals surface area contributed by atoms with Gasteiger partial charge in [0, 0.05) is 17.1 Å². The molecule has 0 bridgehead atoms. The minimum absolute atomic E-state index is 0.0735. The molecule has 2 N–H and O–H groups in total. The lowest BCUT2D eigenvalue weighted by atomic mass is 10.2. The number of aromatic nitrogens is 2. The summed E-state index contributed by atoms with van der Waals surface area (Å²) in [5.74, 6) is 1.87. The number of phenols is 1. The molecule has 4 rings (SSSR count). The van der Waals surface area contributed by atoms with Gasteiger partial charge in [0.2, 0.25) is 0 Å². The molecule has 0 aliphatic rings. The number of nitrogens with zero attached hydrogens (tertiary/aromatic N) is 2. The van der Waals surface area contributed by atoms with E-state index in [9.17, 15) is 5.11 Å². The Bertz CT molecular complexity index is 1030. The number of phenolic OH excluding ortho intramolecular Hbond substituents is 1. The Morgan fingerprint density at radius 2 is 1.92 bits per heavy atom. The Balaban J connectivity index is 1.81. The van der Waals surface area contributed by atoms with Crippen LogP contribution in [-0.4, -0.2) is 22.2 Å². The van der Waals surface area contributed by atoms with Gasteiger partial charge in [0.05, 0.1) is 17.5 Å². The summed E-state index contributed by atoms with van der Waals surface area (Å²) in [6, 6.07) is 17.0. The van der Waals surface area contributed by atoms with E-state index >= 15 is 0 Å². The zero-order chi connectivity index (χ0) is 17.2. The minimum atomic E-state index is 0.0735. The number of para-hydroxylation sites is 1. The van der Waals surface area contributed by atoms with Gasteiger partial charge in [-0.2, -0.15) is 0 Å². The summed E-state index contributed by atoms with van der Waals surface area (Å²) in [5, 5.41) is 16.2. The van der Waals surface area contributed by atoms with E-state index in [0.717, 1.165) is 21.5 Å². The molecule has 0 saturated heterocycles. The summed E-state index contributed by atoms with van der Waals surface area (Å²) >= 11 is 1.60. The molecule has 0 atom stereocenters. The molecule has 0 aliphatic carbocycles. The first kappa shape index (κ1) is 15.4. The highest BCUT2D eigenvalue weighted by Gasteiger charge is 2.11. The predicted octanol–water partition coefficient (Wildman–Crippen LogP) is 4.82. The number of ether oxygens (including phenoxy) is 1. The topological polar surface area (TPSA) is 67.3 Å². The summed E-state index contributed by atoms with van der Waals surface area (Å²) in [6.45, 7) is 0. The van der Waals surface area contributed by atoms with Crippen molar-refractivity contribution in [3.8, 4) is 22.2 Å². The van der Waals surface area contributed by atoms with Crippen molar-refractivity contribution in [1.82, 2.24) is 9.97 Å². The maximum absolute atomic E-state index is 9.99.